The normalized spacial score (nSPS) is 10.9. The smallest absolute Gasteiger partial charge is 0.0866 e. The lowest BCUT2D eigenvalue weighted by Gasteiger charge is -2.05. The van der Waals surface area contributed by atoms with Gasteiger partial charge < -0.3 is 0 Å². The van der Waals surface area contributed by atoms with Crippen molar-refractivity contribution >= 4 is 11.6 Å². The van der Waals surface area contributed by atoms with E-state index in [1.807, 2.05) is 31.6 Å². The first-order chi connectivity index (χ1) is 7.09. The van der Waals surface area contributed by atoms with Gasteiger partial charge in [0.05, 0.1) is 23.0 Å². The minimum atomic E-state index is 0.662. The molecule has 0 N–H and O–H groups in total. The third-order valence-corrected chi connectivity index (χ3v) is 2.98. The number of aryl methyl sites for hydroxylation is 3. The second kappa shape index (κ2) is 3.70. The van der Waals surface area contributed by atoms with Crippen LogP contribution in [0.15, 0.2) is 12.3 Å². The van der Waals surface area contributed by atoms with Gasteiger partial charge >= 0.3 is 0 Å². The van der Waals surface area contributed by atoms with Gasteiger partial charge in [0.25, 0.3) is 0 Å². The maximum atomic E-state index is 6.16. The Morgan fingerprint density at radius 1 is 1.40 bits per heavy atom. The van der Waals surface area contributed by atoms with Gasteiger partial charge in [-0.15, -0.1) is 0 Å². The Kier molecular flexibility index (Phi) is 2.52. The Balaban J connectivity index is 2.36. The molecule has 0 aliphatic rings. The molecule has 2 rings (SSSR count). The summed E-state index contributed by atoms with van der Waals surface area (Å²) in [5, 5.41) is 9.21. The maximum Gasteiger partial charge on any atom is 0.0866 e. The van der Waals surface area contributed by atoms with Crippen LogP contribution in [-0.2, 0) is 13.6 Å². The largest absolute Gasteiger partial charge is 0.269 e. The average molecular weight is 225 g/mol. The van der Waals surface area contributed by atoms with E-state index in [0.717, 1.165) is 22.1 Å². The quantitative estimate of drug-likeness (QED) is 0.782. The molecule has 80 valence electrons. The number of rotatable bonds is 2. The molecule has 0 amide bonds. The van der Waals surface area contributed by atoms with Crippen molar-refractivity contribution in [2.45, 2.75) is 20.4 Å². The summed E-state index contributed by atoms with van der Waals surface area (Å²) in [6.07, 6.45) is 1.78. The van der Waals surface area contributed by atoms with Crippen LogP contribution in [0.25, 0.3) is 0 Å². The zero-order valence-electron chi connectivity index (χ0n) is 9.03. The number of nitrogens with zero attached hydrogens (tertiary/aromatic N) is 4. The molecule has 0 aliphatic carbocycles. The standard InChI is InChI=1S/C10H13ClN4/c1-7-4-5-12-15(7)6-9-10(11)8(2)13-14(9)3/h4-5H,6H2,1-3H3. The van der Waals surface area contributed by atoms with Crippen LogP contribution >= 0.6 is 11.6 Å². The molecule has 0 bridgehead atoms. The van der Waals surface area contributed by atoms with Crippen LogP contribution in [-0.4, -0.2) is 19.6 Å². The highest BCUT2D eigenvalue weighted by Gasteiger charge is 2.12. The van der Waals surface area contributed by atoms with E-state index in [-0.39, 0.29) is 0 Å². The van der Waals surface area contributed by atoms with E-state index in [2.05, 4.69) is 10.2 Å². The van der Waals surface area contributed by atoms with Gasteiger partial charge in [0, 0.05) is 18.9 Å². The van der Waals surface area contributed by atoms with Gasteiger partial charge in [0.15, 0.2) is 0 Å². The van der Waals surface area contributed by atoms with Crippen molar-refractivity contribution in [1.29, 1.82) is 0 Å². The number of halogens is 1. The highest BCUT2D eigenvalue weighted by molar-refractivity contribution is 6.31. The SMILES string of the molecule is Cc1nn(C)c(Cn2nccc2C)c1Cl. The van der Waals surface area contributed by atoms with Gasteiger partial charge in [-0.2, -0.15) is 10.2 Å². The Morgan fingerprint density at radius 3 is 2.60 bits per heavy atom. The van der Waals surface area contributed by atoms with Crippen molar-refractivity contribution in [3.8, 4) is 0 Å². The molecular formula is C10H13ClN4. The lowest BCUT2D eigenvalue weighted by Crippen LogP contribution is -2.08. The van der Waals surface area contributed by atoms with Crippen LogP contribution < -0.4 is 0 Å². The minimum absolute atomic E-state index is 0.662. The molecule has 0 unspecified atom stereocenters. The molecule has 15 heavy (non-hydrogen) atoms. The fourth-order valence-electron chi connectivity index (χ4n) is 1.56. The molecule has 0 saturated heterocycles. The van der Waals surface area contributed by atoms with E-state index >= 15 is 0 Å². The highest BCUT2D eigenvalue weighted by atomic mass is 35.5. The predicted octanol–water partition coefficient (Wildman–Crippen LogP) is 1.94. The van der Waals surface area contributed by atoms with E-state index in [9.17, 15) is 0 Å². The van der Waals surface area contributed by atoms with Crippen molar-refractivity contribution < 1.29 is 0 Å². The third kappa shape index (κ3) is 1.77. The highest BCUT2D eigenvalue weighted by Crippen LogP contribution is 2.20. The summed E-state index contributed by atoms with van der Waals surface area (Å²) in [4.78, 5) is 0. The molecule has 2 aromatic heterocycles. The Hall–Kier alpha value is -1.29. The van der Waals surface area contributed by atoms with Crippen LogP contribution in [0.4, 0.5) is 0 Å². The summed E-state index contributed by atoms with van der Waals surface area (Å²) in [6.45, 7) is 4.58. The van der Waals surface area contributed by atoms with E-state index in [4.69, 9.17) is 11.6 Å². The molecule has 0 fully saturated rings. The zero-order chi connectivity index (χ0) is 11.0. The van der Waals surface area contributed by atoms with Crippen LogP contribution in [0.1, 0.15) is 17.1 Å². The summed E-state index contributed by atoms with van der Waals surface area (Å²) < 4.78 is 3.71. The minimum Gasteiger partial charge on any atom is -0.269 e. The van der Waals surface area contributed by atoms with Gasteiger partial charge in [-0.3, -0.25) is 9.36 Å². The molecule has 0 aromatic carbocycles. The average Bonchev–Trinajstić information content (AvgIpc) is 2.67. The van der Waals surface area contributed by atoms with Crippen molar-refractivity contribution in [2.75, 3.05) is 0 Å². The van der Waals surface area contributed by atoms with Gasteiger partial charge in [0.2, 0.25) is 0 Å². The second-order valence-electron chi connectivity index (χ2n) is 3.60. The Labute approximate surface area is 93.5 Å². The summed E-state index contributed by atoms with van der Waals surface area (Å²) >= 11 is 6.16. The molecule has 0 atom stereocenters. The Morgan fingerprint density at radius 2 is 2.13 bits per heavy atom. The summed E-state index contributed by atoms with van der Waals surface area (Å²) in [7, 11) is 1.90. The fraction of sp³-hybridized carbons (Fsp3) is 0.400. The predicted molar refractivity (Wildman–Crippen MR) is 59.0 cm³/mol. The van der Waals surface area contributed by atoms with Crippen LogP contribution in [0, 0.1) is 13.8 Å². The van der Waals surface area contributed by atoms with E-state index < -0.39 is 0 Å². The summed E-state index contributed by atoms with van der Waals surface area (Å²) in [6, 6.07) is 1.97. The first-order valence-corrected chi connectivity index (χ1v) is 5.13. The Bertz CT molecular complexity index is 484. The lowest BCUT2D eigenvalue weighted by atomic mass is 10.3. The van der Waals surface area contributed by atoms with Crippen LogP contribution in [0.3, 0.4) is 0 Å². The van der Waals surface area contributed by atoms with E-state index in [1.165, 1.54) is 0 Å². The molecule has 2 aromatic rings. The van der Waals surface area contributed by atoms with Crippen molar-refractivity contribution in [3.05, 3.63) is 34.4 Å². The van der Waals surface area contributed by atoms with Crippen molar-refractivity contribution in [3.63, 3.8) is 0 Å². The molecule has 5 heteroatoms. The zero-order valence-corrected chi connectivity index (χ0v) is 9.78. The van der Waals surface area contributed by atoms with Gasteiger partial charge in [-0.1, -0.05) is 11.6 Å². The monoisotopic (exact) mass is 224 g/mol. The molecule has 4 nitrogen and oxygen atoms in total. The number of hydrogen-bond donors (Lipinski definition) is 0. The molecule has 0 aliphatic heterocycles. The fourth-order valence-corrected chi connectivity index (χ4v) is 1.78. The first-order valence-electron chi connectivity index (χ1n) is 4.76. The lowest BCUT2D eigenvalue weighted by molar-refractivity contribution is 0.607. The maximum absolute atomic E-state index is 6.16. The first kappa shape index (κ1) is 10.2. The number of hydrogen-bond acceptors (Lipinski definition) is 2. The van der Waals surface area contributed by atoms with Crippen LogP contribution in [0.2, 0.25) is 5.02 Å². The van der Waals surface area contributed by atoms with E-state index in [1.54, 1.807) is 10.9 Å². The second-order valence-corrected chi connectivity index (χ2v) is 3.98. The molecule has 0 radical (unpaired) electrons. The van der Waals surface area contributed by atoms with Crippen LogP contribution in [0.5, 0.6) is 0 Å². The number of aromatic nitrogens is 4. The molecule has 2 heterocycles. The third-order valence-electron chi connectivity index (χ3n) is 2.49. The van der Waals surface area contributed by atoms with Crippen molar-refractivity contribution in [2.24, 2.45) is 7.05 Å². The van der Waals surface area contributed by atoms with Crippen molar-refractivity contribution in [1.82, 2.24) is 19.6 Å². The summed E-state index contributed by atoms with van der Waals surface area (Å²) in [5.74, 6) is 0. The van der Waals surface area contributed by atoms with E-state index in [0.29, 0.717) is 6.54 Å². The van der Waals surface area contributed by atoms with Gasteiger partial charge in [-0.05, 0) is 19.9 Å². The van der Waals surface area contributed by atoms with Gasteiger partial charge in [-0.25, -0.2) is 0 Å². The molecular weight excluding hydrogens is 212 g/mol. The summed E-state index contributed by atoms with van der Waals surface area (Å²) in [5.41, 5.74) is 2.96. The van der Waals surface area contributed by atoms with Gasteiger partial charge in [0.1, 0.15) is 0 Å². The molecule has 0 spiro atoms. The molecule has 0 saturated carbocycles. The topological polar surface area (TPSA) is 35.6 Å².